The van der Waals surface area contributed by atoms with E-state index in [-0.39, 0.29) is 5.75 Å². The number of anilines is 1. The predicted molar refractivity (Wildman–Crippen MR) is 81.7 cm³/mol. The van der Waals surface area contributed by atoms with E-state index in [2.05, 4.69) is 30.1 Å². The van der Waals surface area contributed by atoms with Crippen LogP contribution in [0, 0.1) is 0 Å². The van der Waals surface area contributed by atoms with E-state index in [0.29, 0.717) is 11.7 Å². The fourth-order valence-electron chi connectivity index (χ4n) is 2.35. The van der Waals surface area contributed by atoms with Gasteiger partial charge in [-0.3, -0.25) is 5.10 Å². The molecule has 0 saturated heterocycles. The van der Waals surface area contributed by atoms with Crippen LogP contribution in [0.25, 0.3) is 22.0 Å². The lowest BCUT2D eigenvalue weighted by Gasteiger charge is -2.10. The Hall–Kier alpha value is -2.49. The molecule has 0 amide bonds. The number of aromatic amines is 1. The van der Waals surface area contributed by atoms with Crippen LogP contribution in [0.2, 0.25) is 0 Å². The summed E-state index contributed by atoms with van der Waals surface area (Å²) in [5.74, 6) is 1.16. The lowest BCUT2D eigenvalue weighted by Crippen LogP contribution is -1.89. The first-order valence-corrected chi connectivity index (χ1v) is 6.62. The Morgan fingerprint density at radius 2 is 1.90 bits per heavy atom. The molecule has 3 aromatic rings. The molecule has 1 heterocycles. The van der Waals surface area contributed by atoms with E-state index in [1.807, 2.05) is 18.2 Å². The molecule has 0 aliphatic carbocycles. The number of nitrogen functional groups attached to an aromatic ring is 1. The van der Waals surface area contributed by atoms with E-state index >= 15 is 0 Å². The van der Waals surface area contributed by atoms with E-state index in [0.717, 1.165) is 27.6 Å². The SMILES string of the molecule is CC(C)c1cc(O)cc(-c2ccc3c(N)n[nH]c3c2)c1. The number of phenols is 1. The Kier molecular flexibility index (Phi) is 2.86. The molecule has 0 atom stereocenters. The van der Waals surface area contributed by atoms with Gasteiger partial charge in [0.05, 0.1) is 5.52 Å². The van der Waals surface area contributed by atoms with Gasteiger partial charge in [-0.25, -0.2) is 0 Å². The summed E-state index contributed by atoms with van der Waals surface area (Å²) in [6.45, 7) is 4.22. The highest BCUT2D eigenvalue weighted by atomic mass is 16.3. The van der Waals surface area contributed by atoms with Gasteiger partial charge in [0.25, 0.3) is 0 Å². The summed E-state index contributed by atoms with van der Waals surface area (Å²) in [5.41, 5.74) is 9.80. The molecule has 4 nitrogen and oxygen atoms in total. The number of benzene rings is 2. The highest BCUT2D eigenvalue weighted by Crippen LogP contribution is 2.31. The van der Waals surface area contributed by atoms with Gasteiger partial charge in [0, 0.05) is 5.39 Å². The van der Waals surface area contributed by atoms with Crippen LogP contribution < -0.4 is 5.73 Å². The molecule has 0 aliphatic rings. The number of H-pyrrole nitrogens is 1. The Bertz CT molecular complexity index is 774. The summed E-state index contributed by atoms with van der Waals surface area (Å²) in [7, 11) is 0. The van der Waals surface area contributed by atoms with Crippen molar-refractivity contribution in [3.63, 3.8) is 0 Å². The molecule has 0 unspecified atom stereocenters. The molecule has 1 aromatic heterocycles. The third-order valence-corrected chi connectivity index (χ3v) is 3.53. The molecule has 102 valence electrons. The summed E-state index contributed by atoms with van der Waals surface area (Å²) in [5, 5.41) is 17.7. The number of rotatable bonds is 2. The second-order valence-electron chi connectivity index (χ2n) is 5.34. The first-order valence-electron chi connectivity index (χ1n) is 6.62. The molecule has 0 spiro atoms. The minimum absolute atomic E-state index is 0.287. The van der Waals surface area contributed by atoms with Gasteiger partial charge in [-0.1, -0.05) is 26.0 Å². The molecule has 4 N–H and O–H groups in total. The van der Waals surface area contributed by atoms with Crippen LogP contribution >= 0.6 is 0 Å². The zero-order valence-corrected chi connectivity index (χ0v) is 11.5. The third kappa shape index (κ3) is 2.09. The second-order valence-corrected chi connectivity index (χ2v) is 5.34. The number of nitrogens with zero attached hydrogens (tertiary/aromatic N) is 1. The molecule has 0 radical (unpaired) electrons. The normalized spacial score (nSPS) is 11.3. The Labute approximate surface area is 117 Å². The van der Waals surface area contributed by atoms with Crippen molar-refractivity contribution >= 4 is 16.7 Å². The second kappa shape index (κ2) is 4.56. The van der Waals surface area contributed by atoms with Gasteiger partial charge in [-0.2, -0.15) is 5.10 Å². The van der Waals surface area contributed by atoms with Crippen molar-refractivity contribution in [1.29, 1.82) is 0 Å². The summed E-state index contributed by atoms with van der Waals surface area (Å²) >= 11 is 0. The molecule has 0 fully saturated rings. The number of aromatic hydroxyl groups is 1. The van der Waals surface area contributed by atoms with Crippen LogP contribution in [0.5, 0.6) is 5.75 Å². The molecule has 0 saturated carbocycles. The third-order valence-electron chi connectivity index (χ3n) is 3.53. The summed E-state index contributed by atoms with van der Waals surface area (Å²) in [4.78, 5) is 0. The average molecular weight is 267 g/mol. The molecule has 2 aromatic carbocycles. The monoisotopic (exact) mass is 267 g/mol. The highest BCUT2D eigenvalue weighted by molar-refractivity contribution is 5.91. The van der Waals surface area contributed by atoms with E-state index in [9.17, 15) is 5.11 Å². The van der Waals surface area contributed by atoms with Gasteiger partial charge >= 0.3 is 0 Å². The number of fused-ring (bicyclic) bond motifs is 1. The van der Waals surface area contributed by atoms with E-state index in [1.54, 1.807) is 12.1 Å². The number of phenolic OH excluding ortho intramolecular Hbond substituents is 1. The Morgan fingerprint density at radius 3 is 2.65 bits per heavy atom. The van der Waals surface area contributed by atoms with Crippen LogP contribution in [0.4, 0.5) is 5.82 Å². The van der Waals surface area contributed by atoms with Gasteiger partial charge in [-0.15, -0.1) is 0 Å². The topological polar surface area (TPSA) is 74.9 Å². The van der Waals surface area contributed by atoms with Crippen molar-refractivity contribution in [2.75, 3.05) is 5.73 Å². The number of aromatic nitrogens is 2. The number of hydrogen-bond acceptors (Lipinski definition) is 3. The van der Waals surface area contributed by atoms with Gasteiger partial charge in [0.1, 0.15) is 5.75 Å². The zero-order valence-electron chi connectivity index (χ0n) is 11.5. The van der Waals surface area contributed by atoms with Crippen molar-refractivity contribution in [3.8, 4) is 16.9 Å². The van der Waals surface area contributed by atoms with Crippen molar-refractivity contribution in [2.24, 2.45) is 0 Å². The van der Waals surface area contributed by atoms with Gasteiger partial charge in [0.2, 0.25) is 0 Å². The molecular formula is C16H17N3O. The predicted octanol–water partition coefficient (Wildman–Crippen LogP) is 3.64. The Morgan fingerprint density at radius 1 is 1.10 bits per heavy atom. The van der Waals surface area contributed by atoms with Gasteiger partial charge in [0.15, 0.2) is 5.82 Å². The first-order chi connectivity index (χ1) is 9.54. The van der Waals surface area contributed by atoms with Crippen molar-refractivity contribution in [2.45, 2.75) is 19.8 Å². The van der Waals surface area contributed by atoms with Crippen molar-refractivity contribution in [1.82, 2.24) is 10.2 Å². The van der Waals surface area contributed by atoms with E-state index in [1.165, 1.54) is 0 Å². The lowest BCUT2D eigenvalue weighted by atomic mass is 9.96. The maximum atomic E-state index is 9.88. The molecule has 3 rings (SSSR count). The summed E-state index contributed by atoms with van der Waals surface area (Å²) < 4.78 is 0. The number of nitrogens with two attached hydrogens (primary N) is 1. The van der Waals surface area contributed by atoms with E-state index < -0.39 is 0 Å². The summed E-state index contributed by atoms with van der Waals surface area (Å²) in [6.07, 6.45) is 0. The molecule has 0 aliphatic heterocycles. The van der Waals surface area contributed by atoms with Crippen LogP contribution in [0.3, 0.4) is 0 Å². The average Bonchev–Trinajstić information content (AvgIpc) is 2.79. The maximum Gasteiger partial charge on any atom is 0.153 e. The van der Waals surface area contributed by atoms with Gasteiger partial charge < -0.3 is 10.8 Å². The van der Waals surface area contributed by atoms with Gasteiger partial charge in [-0.05, 0) is 46.9 Å². The molecular weight excluding hydrogens is 250 g/mol. The van der Waals surface area contributed by atoms with Crippen LogP contribution in [-0.2, 0) is 0 Å². The number of nitrogens with one attached hydrogen (secondary N) is 1. The van der Waals surface area contributed by atoms with Crippen molar-refractivity contribution in [3.05, 3.63) is 42.0 Å². The van der Waals surface area contributed by atoms with Crippen molar-refractivity contribution < 1.29 is 5.11 Å². The largest absolute Gasteiger partial charge is 0.508 e. The lowest BCUT2D eigenvalue weighted by molar-refractivity contribution is 0.474. The molecule has 0 bridgehead atoms. The number of hydrogen-bond donors (Lipinski definition) is 3. The quantitative estimate of drug-likeness (QED) is 0.663. The molecule has 4 heteroatoms. The smallest absolute Gasteiger partial charge is 0.153 e. The zero-order chi connectivity index (χ0) is 14.3. The first kappa shape index (κ1) is 12.5. The molecule has 20 heavy (non-hydrogen) atoms. The van der Waals surface area contributed by atoms with Crippen LogP contribution in [0.1, 0.15) is 25.3 Å². The standard InChI is InChI=1S/C16H17N3O/c1-9(2)11-5-12(7-13(20)6-11)10-3-4-14-15(8-10)18-19-16(14)17/h3-9,20H,1-2H3,(H3,17,18,19). The van der Waals surface area contributed by atoms with Crippen LogP contribution in [0.15, 0.2) is 36.4 Å². The maximum absolute atomic E-state index is 9.88. The Balaban J connectivity index is 2.14. The highest BCUT2D eigenvalue weighted by Gasteiger charge is 2.08. The fraction of sp³-hybridized carbons (Fsp3) is 0.188. The minimum Gasteiger partial charge on any atom is -0.508 e. The van der Waals surface area contributed by atoms with E-state index in [4.69, 9.17) is 5.73 Å². The summed E-state index contributed by atoms with van der Waals surface area (Å²) in [6, 6.07) is 11.6. The fourth-order valence-corrected chi connectivity index (χ4v) is 2.35. The minimum atomic E-state index is 0.287. The van der Waals surface area contributed by atoms with Crippen LogP contribution in [-0.4, -0.2) is 15.3 Å².